The third-order valence-corrected chi connectivity index (χ3v) is 4.93. The number of hydrogen-bond donors (Lipinski definition) is 1. The van der Waals surface area contributed by atoms with Crippen molar-refractivity contribution in [3.8, 4) is 0 Å². The lowest BCUT2D eigenvalue weighted by atomic mass is 10.1. The monoisotopic (exact) mass is 391 g/mol. The molecule has 1 N–H and O–H groups in total. The minimum absolute atomic E-state index is 0. The van der Waals surface area contributed by atoms with Crippen LogP contribution < -0.4 is 5.32 Å². The fourth-order valence-electron chi connectivity index (χ4n) is 3.05. The molecule has 4 nitrogen and oxygen atoms in total. The lowest BCUT2D eigenvalue weighted by Crippen LogP contribution is -2.52. The van der Waals surface area contributed by atoms with Gasteiger partial charge in [-0.25, -0.2) is 4.39 Å². The molecule has 3 rings (SSSR count). The van der Waals surface area contributed by atoms with Crippen molar-refractivity contribution in [2.45, 2.75) is 12.5 Å². The highest BCUT2D eigenvalue weighted by Gasteiger charge is 2.28. The second kappa shape index (κ2) is 7.73. The summed E-state index contributed by atoms with van der Waals surface area (Å²) in [6.45, 7) is 5.46. The third kappa shape index (κ3) is 3.79. The van der Waals surface area contributed by atoms with Crippen LogP contribution >= 0.6 is 28.3 Å². The predicted molar refractivity (Wildman–Crippen MR) is 90.1 cm³/mol. The molecule has 0 saturated carbocycles. The van der Waals surface area contributed by atoms with Crippen LogP contribution in [0.1, 0.15) is 16.8 Å². The van der Waals surface area contributed by atoms with Gasteiger partial charge in [-0.2, -0.15) is 0 Å². The van der Waals surface area contributed by atoms with Gasteiger partial charge in [-0.3, -0.25) is 9.69 Å². The summed E-state index contributed by atoms with van der Waals surface area (Å²) in [7, 11) is 0. The average Bonchev–Trinajstić information content (AvgIpc) is 3.04. The van der Waals surface area contributed by atoms with E-state index in [4.69, 9.17) is 0 Å². The first-order valence-electron chi connectivity index (χ1n) is 7.34. The smallest absolute Gasteiger partial charge is 0.253 e. The number of hydrogen-bond acceptors (Lipinski definition) is 3. The van der Waals surface area contributed by atoms with Crippen LogP contribution in [0.5, 0.6) is 0 Å². The number of amides is 1. The van der Waals surface area contributed by atoms with E-state index < -0.39 is 0 Å². The number of carbonyl (C=O) groups excluding carboxylic acids is 1. The van der Waals surface area contributed by atoms with Gasteiger partial charge in [-0.15, -0.1) is 12.4 Å². The number of benzene rings is 1. The molecule has 1 aromatic rings. The Morgan fingerprint density at radius 3 is 2.59 bits per heavy atom. The zero-order valence-corrected chi connectivity index (χ0v) is 14.6. The molecule has 122 valence electrons. The van der Waals surface area contributed by atoms with Crippen molar-refractivity contribution in [3.05, 3.63) is 34.1 Å². The Kier molecular flexibility index (Phi) is 6.20. The lowest BCUT2D eigenvalue weighted by Gasteiger charge is -2.37. The molecule has 0 spiro atoms. The first-order chi connectivity index (χ1) is 10.1. The molecule has 1 amide bonds. The normalized spacial score (nSPS) is 22.5. The molecule has 2 heterocycles. The van der Waals surface area contributed by atoms with Crippen molar-refractivity contribution in [1.82, 2.24) is 15.1 Å². The molecule has 7 heteroatoms. The Bertz CT molecular complexity index is 532. The van der Waals surface area contributed by atoms with Crippen molar-refractivity contribution >= 4 is 34.2 Å². The van der Waals surface area contributed by atoms with Gasteiger partial charge in [0.25, 0.3) is 5.91 Å². The second-order valence-electron chi connectivity index (χ2n) is 5.60. The van der Waals surface area contributed by atoms with Crippen LogP contribution in [-0.2, 0) is 0 Å². The molecule has 0 radical (unpaired) electrons. The molecule has 1 aromatic carbocycles. The largest absolute Gasteiger partial charge is 0.336 e. The van der Waals surface area contributed by atoms with Crippen LogP contribution in [0.2, 0.25) is 0 Å². The van der Waals surface area contributed by atoms with Gasteiger partial charge < -0.3 is 10.2 Å². The molecule has 2 fully saturated rings. The maximum Gasteiger partial charge on any atom is 0.253 e. The van der Waals surface area contributed by atoms with Crippen molar-refractivity contribution in [2.24, 2.45) is 0 Å². The number of piperazine rings is 1. The molecule has 2 saturated heterocycles. The number of carbonyl (C=O) groups is 1. The molecule has 0 aliphatic carbocycles. The highest BCUT2D eigenvalue weighted by Crippen LogP contribution is 2.19. The first kappa shape index (κ1) is 17.7. The molecule has 0 bridgehead atoms. The van der Waals surface area contributed by atoms with E-state index in [-0.39, 0.29) is 24.1 Å². The van der Waals surface area contributed by atoms with Crippen LogP contribution in [0.4, 0.5) is 4.39 Å². The summed E-state index contributed by atoms with van der Waals surface area (Å²) in [5.74, 6) is -0.356. The Morgan fingerprint density at radius 1 is 1.27 bits per heavy atom. The standard InChI is InChI=1S/C15H19BrFN3O.ClH/c16-13-9-11(1-2-14(13)17)15(21)20-7-5-19(6-8-20)12-3-4-18-10-12;/h1-2,9,12,18H,3-8,10H2;1H. The molecule has 22 heavy (non-hydrogen) atoms. The quantitative estimate of drug-likeness (QED) is 0.837. The minimum atomic E-state index is -0.342. The van der Waals surface area contributed by atoms with E-state index in [2.05, 4.69) is 26.1 Å². The van der Waals surface area contributed by atoms with Crippen molar-refractivity contribution in [1.29, 1.82) is 0 Å². The van der Waals surface area contributed by atoms with E-state index in [1.807, 2.05) is 4.90 Å². The molecular weight excluding hydrogens is 373 g/mol. The highest BCUT2D eigenvalue weighted by molar-refractivity contribution is 9.10. The molecule has 1 unspecified atom stereocenters. The van der Waals surface area contributed by atoms with Crippen LogP contribution in [-0.4, -0.2) is 61.0 Å². The second-order valence-corrected chi connectivity index (χ2v) is 6.46. The van der Waals surface area contributed by atoms with Crippen LogP contribution in [0.3, 0.4) is 0 Å². The van der Waals surface area contributed by atoms with Crippen LogP contribution in [0.15, 0.2) is 22.7 Å². The fraction of sp³-hybridized carbons (Fsp3) is 0.533. The third-order valence-electron chi connectivity index (χ3n) is 4.32. The van der Waals surface area contributed by atoms with Gasteiger partial charge in [-0.1, -0.05) is 0 Å². The zero-order chi connectivity index (χ0) is 14.8. The van der Waals surface area contributed by atoms with E-state index >= 15 is 0 Å². The number of nitrogens with one attached hydrogen (secondary N) is 1. The van der Waals surface area contributed by atoms with E-state index in [1.165, 1.54) is 12.5 Å². The highest BCUT2D eigenvalue weighted by atomic mass is 79.9. The summed E-state index contributed by atoms with van der Waals surface area (Å²) in [6.07, 6.45) is 1.19. The van der Waals surface area contributed by atoms with Crippen LogP contribution in [0, 0.1) is 5.82 Å². The van der Waals surface area contributed by atoms with Crippen molar-refractivity contribution in [2.75, 3.05) is 39.3 Å². The van der Waals surface area contributed by atoms with Gasteiger partial charge in [0.2, 0.25) is 0 Å². The number of nitrogens with zero attached hydrogens (tertiary/aromatic N) is 2. The predicted octanol–water partition coefficient (Wildman–Crippen LogP) is 2.13. The first-order valence-corrected chi connectivity index (χ1v) is 8.13. The average molecular weight is 393 g/mol. The summed E-state index contributed by atoms with van der Waals surface area (Å²) in [6, 6.07) is 5.06. The van der Waals surface area contributed by atoms with Crippen LogP contribution in [0.25, 0.3) is 0 Å². The molecule has 1 atom stereocenters. The molecule has 0 aromatic heterocycles. The van der Waals surface area contributed by atoms with Gasteiger partial charge in [-0.05, 0) is 47.1 Å². The molecule has 2 aliphatic heterocycles. The summed E-state index contributed by atoms with van der Waals surface area (Å²) in [5.41, 5.74) is 0.541. The maximum absolute atomic E-state index is 13.2. The molecular formula is C15H20BrClFN3O. The van der Waals surface area contributed by atoms with Crippen molar-refractivity contribution in [3.63, 3.8) is 0 Å². The number of rotatable bonds is 2. The fourth-order valence-corrected chi connectivity index (χ4v) is 3.43. The lowest BCUT2D eigenvalue weighted by molar-refractivity contribution is 0.0583. The summed E-state index contributed by atoms with van der Waals surface area (Å²) in [4.78, 5) is 16.8. The Hall–Kier alpha value is -0.690. The summed E-state index contributed by atoms with van der Waals surface area (Å²) in [5, 5.41) is 3.38. The van der Waals surface area contributed by atoms with E-state index in [0.29, 0.717) is 16.1 Å². The van der Waals surface area contributed by atoms with Gasteiger partial charge in [0.1, 0.15) is 5.82 Å². The van der Waals surface area contributed by atoms with Gasteiger partial charge in [0.05, 0.1) is 4.47 Å². The Morgan fingerprint density at radius 2 is 2.00 bits per heavy atom. The zero-order valence-electron chi connectivity index (χ0n) is 12.2. The SMILES string of the molecule is Cl.O=C(c1ccc(F)c(Br)c1)N1CCN(C2CCNC2)CC1. The van der Waals surface area contributed by atoms with Gasteiger partial charge in [0, 0.05) is 44.3 Å². The van der Waals surface area contributed by atoms with Gasteiger partial charge in [0.15, 0.2) is 0 Å². The summed E-state index contributed by atoms with van der Waals surface area (Å²) < 4.78 is 13.6. The topological polar surface area (TPSA) is 35.6 Å². The minimum Gasteiger partial charge on any atom is -0.336 e. The van der Waals surface area contributed by atoms with E-state index in [0.717, 1.165) is 39.3 Å². The maximum atomic E-state index is 13.2. The Labute approximate surface area is 144 Å². The molecule has 2 aliphatic rings. The summed E-state index contributed by atoms with van der Waals surface area (Å²) >= 11 is 3.13. The van der Waals surface area contributed by atoms with E-state index in [9.17, 15) is 9.18 Å². The Balaban J connectivity index is 0.00000176. The van der Waals surface area contributed by atoms with E-state index in [1.54, 1.807) is 12.1 Å². The van der Waals surface area contributed by atoms with Gasteiger partial charge >= 0.3 is 0 Å². The number of halogens is 3. The van der Waals surface area contributed by atoms with Crippen molar-refractivity contribution < 1.29 is 9.18 Å².